The molecule has 0 N–H and O–H groups in total. The highest BCUT2D eigenvalue weighted by molar-refractivity contribution is 6.94. The Morgan fingerprint density at radius 2 is 1.47 bits per heavy atom. The van der Waals surface area contributed by atoms with Crippen molar-refractivity contribution < 1.29 is 28.5 Å². The average molecular weight is 214 g/mol. The quantitative estimate of drug-likeness (QED) is 0.437. The van der Waals surface area contributed by atoms with E-state index in [-0.39, 0.29) is 32.7 Å². The van der Waals surface area contributed by atoms with Crippen LogP contribution in [0.15, 0.2) is 0 Å². The van der Waals surface area contributed by atoms with Crippen LogP contribution >= 0.6 is 0 Å². The van der Waals surface area contributed by atoms with Crippen LogP contribution in [-0.2, 0) is 18.9 Å². The van der Waals surface area contributed by atoms with Crippen LogP contribution in [-0.4, -0.2) is 57.7 Å². The lowest BCUT2D eigenvalue weighted by Gasteiger charge is -2.02. The fraction of sp³-hybridized carbons (Fsp3) is 0.750. The molecule has 0 aromatic heterocycles. The molecule has 0 spiro atoms. The normalized spacial score (nSPS) is 26.7. The lowest BCUT2D eigenvalue weighted by molar-refractivity contribution is 0.153. The number of hydrogen-bond donors (Lipinski definition) is 0. The molecule has 2 rings (SSSR count). The van der Waals surface area contributed by atoms with Crippen molar-refractivity contribution in [1.29, 1.82) is 0 Å². The van der Waals surface area contributed by atoms with E-state index in [0.717, 1.165) is 0 Å². The van der Waals surface area contributed by atoms with E-state index in [2.05, 4.69) is 0 Å². The zero-order valence-electron chi connectivity index (χ0n) is 8.14. The zero-order valence-corrected chi connectivity index (χ0v) is 8.14. The third kappa shape index (κ3) is 4.31. The summed E-state index contributed by atoms with van der Waals surface area (Å²) in [6, 6.07) is 0. The first-order valence-electron chi connectivity index (χ1n) is 4.78. The number of ether oxygens (including phenoxy) is 4. The molecule has 7 heteroatoms. The highest BCUT2D eigenvalue weighted by Gasteiger charge is 2.27. The SMILES string of the molecule is O=C(BC(=O)OCC1CO1)OCC1CO1. The van der Waals surface area contributed by atoms with E-state index in [1.165, 1.54) is 0 Å². The van der Waals surface area contributed by atoms with E-state index in [4.69, 9.17) is 18.9 Å². The fourth-order valence-corrected chi connectivity index (χ4v) is 0.920. The summed E-state index contributed by atoms with van der Waals surface area (Å²) in [6.07, 6.45) is 0.0367. The molecule has 6 nitrogen and oxygen atoms in total. The molecule has 82 valence electrons. The first-order chi connectivity index (χ1) is 7.24. The number of carbonyl (C=O) groups is 2. The van der Waals surface area contributed by atoms with Crippen molar-refractivity contribution in [3.63, 3.8) is 0 Å². The van der Waals surface area contributed by atoms with Gasteiger partial charge in [0.25, 0.3) is 11.7 Å². The van der Waals surface area contributed by atoms with Crippen molar-refractivity contribution in [2.24, 2.45) is 0 Å². The average Bonchev–Trinajstić information content (AvgIpc) is 3.04. The molecule has 0 aliphatic carbocycles. The Balaban J connectivity index is 1.52. The van der Waals surface area contributed by atoms with Gasteiger partial charge in [-0.05, 0) is 0 Å². The van der Waals surface area contributed by atoms with E-state index in [1.807, 2.05) is 0 Å². The number of hydrogen-bond acceptors (Lipinski definition) is 6. The third-order valence-electron chi connectivity index (χ3n) is 1.95. The second-order valence-corrected chi connectivity index (χ2v) is 3.45. The zero-order chi connectivity index (χ0) is 10.7. The Bertz CT molecular complexity index is 234. The summed E-state index contributed by atoms with van der Waals surface area (Å²) in [5.74, 6) is -1.15. The Labute approximate surface area is 87.0 Å². The van der Waals surface area contributed by atoms with Crippen LogP contribution in [0.4, 0.5) is 9.59 Å². The van der Waals surface area contributed by atoms with Gasteiger partial charge in [0.15, 0.2) is 0 Å². The van der Waals surface area contributed by atoms with Gasteiger partial charge in [-0.25, -0.2) is 0 Å². The first kappa shape index (κ1) is 10.4. The van der Waals surface area contributed by atoms with E-state index < -0.39 is 11.7 Å². The smallest absolute Gasteiger partial charge is 0.392 e. The van der Waals surface area contributed by atoms with E-state index in [1.54, 1.807) is 0 Å². The molecule has 0 aromatic rings. The topological polar surface area (TPSA) is 77.7 Å². The van der Waals surface area contributed by atoms with Gasteiger partial charge >= 0.3 is 7.28 Å². The van der Waals surface area contributed by atoms with Crippen molar-refractivity contribution in [2.75, 3.05) is 26.4 Å². The van der Waals surface area contributed by atoms with E-state index >= 15 is 0 Å². The molecule has 15 heavy (non-hydrogen) atoms. The van der Waals surface area contributed by atoms with Gasteiger partial charge in [-0.15, -0.1) is 0 Å². The predicted octanol–water partition coefficient (Wildman–Crippen LogP) is -0.506. The van der Waals surface area contributed by atoms with Crippen LogP contribution in [0.25, 0.3) is 0 Å². The van der Waals surface area contributed by atoms with Gasteiger partial charge in [-0.3, -0.25) is 9.59 Å². The Morgan fingerprint density at radius 1 is 1.07 bits per heavy atom. The van der Waals surface area contributed by atoms with Gasteiger partial charge < -0.3 is 18.9 Å². The summed E-state index contributed by atoms with van der Waals surface area (Å²) in [5, 5.41) is 0. The van der Waals surface area contributed by atoms with Crippen LogP contribution < -0.4 is 0 Å². The molecule has 0 saturated carbocycles. The van der Waals surface area contributed by atoms with Gasteiger partial charge in [0.1, 0.15) is 25.4 Å². The number of carbonyl (C=O) groups excluding carboxylic acids is 2. The molecule has 2 unspecified atom stereocenters. The summed E-state index contributed by atoms with van der Waals surface area (Å²) < 4.78 is 19.2. The first-order valence-corrected chi connectivity index (χ1v) is 4.78. The van der Waals surface area contributed by atoms with E-state index in [0.29, 0.717) is 13.2 Å². The molecule has 2 heterocycles. The highest BCUT2D eigenvalue weighted by atomic mass is 16.6. The standard InChI is InChI=1S/C8H11BO6/c10-7(14-3-5-1-12-5)9-8(11)15-4-6-2-13-6/h5-6,9H,1-4H2. The monoisotopic (exact) mass is 214 g/mol. The van der Waals surface area contributed by atoms with Crippen molar-refractivity contribution in [3.8, 4) is 0 Å². The minimum Gasteiger partial charge on any atom is -0.470 e. The molecule has 0 bridgehead atoms. The summed E-state index contributed by atoms with van der Waals surface area (Å²) in [4.78, 5) is 22.1. The lowest BCUT2D eigenvalue weighted by atomic mass is 9.79. The molecule has 2 aliphatic rings. The minimum atomic E-state index is -0.577. The van der Waals surface area contributed by atoms with Crippen LogP contribution in [0.1, 0.15) is 0 Å². The van der Waals surface area contributed by atoms with E-state index in [9.17, 15) is 9.59 Å². The predicted molar refractivity (Wildman–Crippen MR) is 49.3 cm³/mol. The van der Waals surface area contributed by atoms with Gasteiger partial charge in [0.05, 0.1) is 13.2 Å². The molecular formula is C8H11BO6. The van der Waals surface area contributed by atoms with Crippen LogP contribution in [0.5, 0.6) is 0 Å². The molecule has 2 saturated heterocycles. The van der Waals surface area contributed by atoms with Crippen LogP contribution in [0, 0.1) is 0 Å². The molecule has 2 fully saturated rings. The van der Waals surface area contributed by atoms with Gasteiger partial charge in [0.2, 0.25) is 0 Å². The maximum atomic E-state index is 11.0. The lowest BCUT2D eigenvalue weighted by Crippen LogP contribution is -2.24. The van der Waals surface area contributed by atoms with Crippen molar-refractivity contribution >= 4 is 19.0 Å². The molecule has 2 atom stereocenters. The molecule has 0 amide bonds. The third-order valence-corrected chi connectivity index (χ3v) is 1.95. The summed E-state index contributed by atoms with van der Waals surface area (Å²) >= 11 is 0. The second-order valence-electron chi connectivity index (χ2n) is 3.45. The summed E-state index contributed by atoms with van der Waals surface area (Å²) in [5.41, 5.74) is 0. The maximum Gasteiger partial charge on any atom is 0.392 e. The van der Waals surface area contributed by atoms with Crippen molar-refractivity contribution in [1.82, 2.24) is 0 Å². The molecule has 0 radical (unpaired) electrons. The van der Waals surface area contributed by atoms with Gasteiger partial charge in [-0.1, -0.05) is 0 Å². The van der Waals surface area contributed by atoms with Gasteiger partial charge in [0, 0.05) is 0 Å². The second kappa shape index (κ2) is 4.63. The fourth-order valence-electron chi connectivity index (χ4n) is 0.920. The minimum absolute atomic E-state index is 0.0184. The summed E-state index contributed by atoms with van der Waals surface area (Å²) in [6.45, 7) is 1.68. The Kier molecular flexibility index (Phi) is 3.22. The number of epoxide rings is 2. The Hall–Kier alpha value is -1.08. The number of rotatable bonds is 6. The van der Waals surface area contributed by atoms with Crippen LogP contribution in [0.3, 0.4) is 0 Å². The van der Waals surface area contributed by atoms with Gasteiger partial charge in [-0.2, -0.15) is 0 Å². The summed E-state index contributed by atoms with van der Waals surface area (Å²) in [7, 11) is -0.348. The highest BCUT2D eigenvalue weighted by Crippen LogP contribution is 2.09. The van der Waals surface area contributed by atoms with Crippen molar-refractivity contribution in [2.45, 2.75) is 12.2 Å². The molecular weight excluding hydrogens is 203 g/mol. The molecule has 0 aromatic carbocycles. The van der Waals surface area contributed by atoms with Crippen molar-refractivity contribution in [3.05, 3.63) is 0 Å². The van der Waals surface area contributed by atoms with Crippen LogP contribution in [0.2, 0.25) is 0 Å². The maximum absolute atomic E-state index is 11.0. The largest absolute Gasteiger partial charge is 0.470 e. The molecule has 2 aliphatic heterocycles. The Morgan fingerprint density at radius 3 is 1.80 bits per heavy atom.